The maximum Gasteiger partial charge on any atom is 0.0681 e. The van der Waals surface area contributed by atoms with E-state index in [0.29, 0.717) is 0 Å². The van der Waals surface area contributed by atoms with Crippen molar-refractivity contribution in [2.24, 2.45) is 0 Å². The van der Waals surface area contributed by atoms with E-state index >= 15 is 0 Å². The molecule has 0 aliphatic rings. The Hall–Kier alpha value is -1.32. The van der Waals surface area contributed by atoms with Gasteiger partial charge in [-0.15, -0.1) is 0 Å². The van der Waals surface area contributed by atoms with E-state index < -0.39 is 0 Å². The van der Waals surface area contributed by atoms with Crippen molar-refractivity contribution in [3.05, 3.63) is 63.1 Å². The Balaban J connectivity index is 2.10. The van der Waals surface area contributed by atoms with Crippen LogP contribution in [0.4, 0.5) is 5.69 Å². The molecular formula is C16H18BrNO. The maximum atomic E-state index is 9.02. The predicted octanol–water partition coefficient (Wildman–Crippen LogP) is 4.17. The molecule has 2 N–H and O–H groups in total. The Morgan fingerprint density at radius 3 is 2.05 bits per heavy atom. The number of rotatable bonds is 4. The first-order valence-corrected chi connectivity index (χ1v) is 7.08. The van der Waals surface area contributed by atoms with E-state index in [-0.39, 0.29) is 6.61 Å². The van der Waals surface area contributed by atoms with E-state index in [2.05, 4.69) is 47.2 Å². The molecule has 0 bridgehead atoms. The second-order valence-electron chi connectivity index (χ2n) is 4.74. The van der Waals surface area contributed by atoms with Crippen molar-refractivity contribution in [2.45, 2.75) is 27.0 Å². The van der Waals surface area contributed by atoms with Crippen LogP contribution in [0.5, 0.6) is 0 Å². The summed E-state index contributed by atoms with van der Waals surface area (Å²) in [6.45, 7) is 5.09. The van der Waals surface area contributed by atoms with Crippen LogP contribution >= 0.6 is 15.9 Å². The van der Waals surface area contributed by atoms with Crippen molar-refractivity contribution in [3.8, 4) is 0 Å². The molecule has 2 nitrogen and oxygen atoms in total. The molecule has 2 rings (SSSR count). The zero-order chi connectivity index (χ0) is 13.8. The van der Waals surface area contributed by atoms with Gasteiger partial charge in [0, 0.05) is 16.7 Å². The first kappa shape index (κ1) is 14.1. The molecule has 0 saturated heterocycles. The third-order valence-corrected chi connectivity index (χ3v) is 3.63. The van der Waals surface area contributed by atoms with Gasteiger partial charge in [0.05, 0.1) is 6.61 Å². The van der Waals surface area contributed by atoms with Crippen LogP contribution in [0.1, 0.15) is 22.3 Å². The fourth-order valence-corrected chi connectivity index (χ4v) is 2.83. The standard InChI is InChI=1S/C16H18BrNO/c1-11-7-15(17)8-12(2)16(11)18-9-13-3-5-14(10-19)6-4-13/h3-8,18-19H,9-10H2,1-2H3. The van der Waals surface area contributed by atoms with Gasteiger partial charge in [0.25, 0.3) is 0 Å². The maximum absolute atomic E-state index is 9.02. The van der Waals surface area contributed by atoms with Gasteiger partial charge in [-0.3, -0.25) is 0 Å². The van der Waals surface area contributed by atoms with Gasteiger partial charge in [-0.2, -0.15) is 0 Å². The van der Waals surface area contributed by atoms with Crippen molar-refractivity contribution < 1.29 is 5.11 Å². The number of aliphatic hydroxyl groups excluding tert-OH is 1. The van der Waals surface area contributed by atoms with E-state index in [0.717, 1.165) is 16.6 Å². The minimum absolute atomic E-state index is 0.0959. The van der Waals surface area contributed by atoms with Gasteiger partial charge in [-0.05, 0) is 48.2 Å². The van der Waals surface area contributed by atoms with Crippen molar-refractivity contribution in [2.75, 3.05) is 5.32 Å². The van der Waals surface area contributed by atoms with E-state index in [1.54, 1.807) is 0 Å². The number of benzene rings is 2. The molecule has 2 aromatic carbocycles. The molecule has 0 unspecified atom stereocenters. The summed E-state index contributed by atoms with van der Waals surface area (Å²) in [7, 11) is 0. The first-order valence-electron chi connectivity index (χ1n) is 6.29. The molecule has 0 spiro atoms. The van der Waals surface area contributed by atoms with Crippen LogP contribution in [0.3, 0.4) is 0 Å². The van der Waals surface area contributed by atoms with Gasteiger partial charge >= 0.3 is 0 Å². The Morgan fingerprint density at radius 2 is 1.53 bits per heavy atom. The molecule has 19 heavy (non-hydrogen) atoms. The molecule has 0 aliphatic heterocycles. The van der Waals surface area contributed by atoms with Crippen molar-refractivity contribution in [3.63, 3.8) is 0 Å². The molecule has 100 valence electrons. The third-order valence-electron chi connectivity index (χ3n) is 3.17. The Kier molecular flexibility index (Phi) is 4.61. The molecular weight excluding hydrogens is 302 g/mol. The summed E-state index contributed by atoms with van der Waals surface area (Å²) in [4.78, 5) is 0. The summed E-state index contributed by atoms with van der Waals surface area (Å²) in [6, 6.07) is 12.2. The van der Waals surface area contributed by atoms with E-state index in [9.17, 15) is 0 Å². The number of aliphatic hydroxyl groups is 1. The number of hydrogen-bond donors (Lipinski definition) is 2. The first-order chi connectivity index (χ1) is 9.10. The van der Waals surface area contributed by atoms with E-state index in [1.807, 2.05) is 24.3 Å². The van der Waals surface area contributed by atoms with Crippen LogP contribution < -0.4 is 5.32 Å². The van der Waals surface area contributed by atoms with Gasteiger partial charge in [-0.25, -0.2) is 0 Å². The molecule has 0 atom stereocenters. The smallest absolute Gasteiger partial charge is 0.0681 e. The molecule has 0 aliphatic carbocycles. The van der Waals surface area contributed by atoms with Crippen LogP contribution in [-0.2, 0) is 13.2 Å². The summed E-state index contributed by atoms with van der Waals surface area (Å²) in [6.07, 6.45) is 0. The fourth-order valence-electron chi connectivity index (χ4n) is 2.14. The minimum atomic E-state index is 0.0959. The minimum Gasteiger partial charge on any atom is -0.392 e. The second-order valence-corrected chi connectivity index (χ2v) is 5.66. The van der Waals surface area contributed by atoms with E-state index in [4.69, 9.17) is 5.11 Å². The average molecular weight is 320 g/mol. The monoisotopic (exact) mass is 319 g/mol. The second kappa shape index (κ2) is 6.22. The highest BCUT2D eigenvalue weighted by Crippen LogP contribution is 2.25. The van der Waals surface area contributed by atoms with Crippen LogP contribution in [0, 0.1) is 13.8 Å². The average Bonchev–Trinajstić information content (AvgIpc) is 2.38. The number of anilines is 1. The molecule has 0 heterocycles. The molecule has 0 radical (unpaired) electrons. The zero-order valence-electron chi connectivity index (χ0n) is 11.2. The van der Waals surface area contributed by atoms with E-state index in [1.165, 1.54) is 22.4 Å². The predicted molar refractivity (Wildman–Crippen MR) is 83.3 cm³/mol. The van der Waals surface area contributed by atoms with Crippen LogP contribution in [0.2, 0.25) is 0 Å². The summed E-state index contributed by atoms with van der Waals surface area (Å²) in [5.74, 6) is 0. The summed E-state index contributed by atoms with van der Waals surface area (Å²) in [5, 5.41) is 12.5. The SMILES string of the molecule is Cc1cc(Br)cc(C)c1NCc1ccc(CO)cc1. The van der Waals surface area contributed by atoms with Crippen molar-refractivity contribution >= 4 is 21.6 Å². The highest BCUT2D eigenvalue weighted by atomic mass is 79.9. The van der Waals surface area contributed by atoms with Crippen LogP contribution in [0.25, 0.3) is 0 Å². The van der Waals surface area contributed by atoms with Crippen molar-refractivity contribution in [1.82, 2.24) is 0 Å². The Bertz CT molecular complexity index is 540. The zero-order valence-corrected chi connectivity index (χ0v) is 12.8. The van der Waals surface area contributed by atoms with Gasteiger partial charge in [0.2, 0.25) is 0 Å². The lowest BCUT2D eigenvalue weighted by molar-refractivity contribution is 0.282. The molecule has 0 saturated carbocycles. The van der Waals surface area contributed by atoms with Crippen LogP contribution in [0.15, 0.2) is 40.9 Å². The molecule has 0 aromatic heterocycles. The lowest BCUT2D eigenvalue weighted by Gasteiger charge is -2.13. The summed E-state index contributed by atoms with van der Waals surface area (Å²) >= 11 is 3.51. The number of hydrogen-bond acceptors (Lipinski definition) is 2. The summed E-state index contributed by atoms with van der Waals surface area (Å²) < 4.78 is 1.11. The van der Waals surface area contributed by atoms with Crippen LogP contribution in [-0.4, -0.2) is 5.11 Å². The normalized spacial score (nSPS) is 10.5. The third kappa shape index (κ3) is 3.58. The highest BCUT2D eigenvalue weighted by Gasteiger charge is 2.04. The Morgan fingerprint density at radius 1 is 1.00 bits per heavy atom. The Labute approximate surface area is 122 Å². The number of aryl methyl sites for hydroxylation is 2. The van der Waals surface area contributed by atoms with Gasteiger partial charge in [0.1, 0.15) is 0 Å². The summed E-state index contributed by atoms with van der Waals surface area (Å²) in [5.41, 5.74) is 5.81. The lowest BCUT2D eigenvalue weighted by atomic mass is 10.1. The topological polar surface area (TPSA) is 32.3 Å². The van der Waals surface area contributed by atoms with Gasteiger partial charge < -0.3 is 10.4 Å². The van der Waals surface area contributed by atoms with Crippen molar-refractivity contribution in [1.29, 1.82) is 0 Å². The largest absolute Gasteiger partial charge is 0.392 e. The fraction of sp³-hybridized carbons (Fsp3) is 0.250. The van der Waals surface area contributed by atoms with Gasteiger partial charge in [-0.1, -0.05) is 40.2 Å². The number of nitrogens with one attached hydrogen (secondary N) is 1. The molecule has 3 heteroatoms. The molecule has 2 aromatic rings. The van der Waals surface area contributed by atoms with Gasteiger partial charge in [0.15, 0.2) is 0 Å². The molecule has 0 fully saturated rings. The highest BCUT2D eigenvalue weighted by molar-refractivity contribution is 9.10. The molecule has 0 amide bonds. The lowest BCUT2D eigenvalue weighted by Crippen LogP contribution is -2.03. The number of halogens is 1. The quantitative estimate of drug-likeness (QED) is 0.886.